The lowest BCUT2D eigenvalue weighted by atomic mass is 9.97. The summed E-state index contributed by atoms with van der Waals surface area (Å²) in [6.07, 6.45) is 0. The Balaban J connectivity index is 2.73. The van der Waals surface area contributed by atoms with Crippen LogP contribution in [-0.2, 0) is 0 Å². The highest BCUT2D eigenvalue weighted by atomic mass is 127. The highest BCUT2D eigenvalue weighted by molar-refractivity contribution is 14.1. The number of hydrogen-bond acceptors (Lipinski definition) is 2. The third-order valence-electron chi connectivity index (χ3n) is 2.24. The largest absolute Gasteiger partial charge is 0.478 e. The molecule has 0 spiro atoms. The van der Waals surface area contributed by atoms with Crippen LogP contribution in [0.4, 0.5) is 10.5 Å². The highest BCUT2D eigenvalue weighted by Gasteiger charge is 2.13. The number of nitrogens with one attached hydrogen (secondary N) is 2. The standard InChI is InChI=1S/C13H17IN2O3/c1-13(2,3)7-15-12(19)16-10-6-8(11(17)18)4-5-9(10)14/h4-6H,7H2,1-3H3,(H,17,18)(H2,15,16,19). The number of amides is 2. The molecule has 0 fully saturated rings. The summed E-state index contributed by atoms with van der Waals surface area (Å²) in [7, 11) is 0. The predicted molar refractivity (Wildman–Crippen MR) is 82.6 cm³/mol. The molecular formula is C13H17IN2O3. The van der Waals surface area contributed by atoms with Crippen LogP contribution in [0.5, 0.6) is 0 Å². The van der Waals surface area contributed by atoms with Crippen molar-refractivity contribution >= 4 is 40.3 Å². The molecule has 0 saturated heterocycles. The quantitative estimate of drug-likeness (QED) is 0.710. The van der Waals surface area contributed by atoms with Gasteiger partial charge < -0.3 is 15.7 Å². The smallest absolute Gasteiger partial charge is 0.335 e. The van der Waals surface area contributed by atoms with Crippen molar-refractivity contribution in [2.75, 3.05) is 11.9 Å². The maximum absolute atomic E-state index is 11.7. The molecule has 0 unspecified atom stereocenters. The number of halogens is 1. The first-order valence-corrected chi connectivity index (χ1v) is 6.84. The van der Waals surface area contributed by atoms with Gasteiger partial charge in [-0.2, -0.15) is 0 Å². The van der Waals surface area contributed by atoms with Gasteiger partial charge in [-0.1, -0.05) is 20.8 Å². The van der Waals surface area contributed by atoms with E-state index in [0.717, 1.165) is 3.57 Å². The molecule has 0 saturated carbocycles. The lowest BCUT2D eigenvalue weighted by Gasteiger charge is -2.19. The van der Waals surface area contributed by atoms with Gasteiger partial charge in [-0.05, 0) is 46.2 Å². The monoisotopic (exact) mass is 376 g/mol. The minimum absolute atomic E-state index is 0.00654. The minimum Gasteiger partial charge on any atom is -0.478 e. The first kappa shape index (κ1) is 15.7. The summed E-state index contributed by atoms with van der Waals surface area (Å²) < 4.78 is 0.786. The number of aromatic carboxylic acids is 1. The third-order valence-corrected chi connectivity index (χ3v) is 3.18. The summed E-state index contributed by atoms with van der Waals surface area (Å²) in [6.45, 7) is 6.58. The molecule has 3 N–H and O–H groups in total. The zero-order valence-corrected chi connectivity index (χ0v) is 13.2. The molecular weight excluding hydrogens is 359 g/mol. The number of carbonyl (C=O) groups is 2. The van der Waals surface area contributed by atoms with Crippen LogP contribution in [0.1, 0.15) is 31.1 Å². The van der Waals surface area contributed by atoms with Gasteiger partial charge in [0, 0.05) is 10.1 Å². The van der Waals surface area contributed by atoms with Gasteiger partial charge in [0.15, 0.2) is 0 Å². The van der Waals surface area contributed by atoms with Crippen LogP contribution < -0.4 is 10.6 Å². The van der Waals surface area contributed by atoms with Gasteiger partial charge in [-0.25, -0.2) is 9.59 Å². The van der Waals surface area contributed by atoms with E-state index < -0.39 is 5.97 Å². The van der Waals surface area contributed by atoms with Crippen LogP contribution in [0.3, 0.4) is 0 Å². The second-order valence-corrected chi connectivity index (χ2v) is 6.53. The maximum Gasteiger partial charge on any atom is 0.335 e. The van der Waals surface area contributed by atoms with Crippen molar-refractivity contribution in [3.8, 4) is 0 Å². The van der Waals surface area contributed by atoms with Gasteiger partial charge in [0.1, 0.15) is 0 Å². The minimum atomic E-state index is -1.02. The van der Waals surface area contributed by atoms with Crippen molar-refractivity contribution in [3.05, 3.63) is 27.3 Å². The first-order valence-electron chi connectivity index (χ1n) is 5.77. The van der Waals surface area contributed by atoms with E-state index in [9.17, 15) is 9.59 Å². The molecule has 0 bridgehead atoms. The van der Waals surface area contributed by atoms with E-state index in [2.05, 4.69) is 10.6 Å². The van der Waals surface area contributed by atoms with Crippen LogP contribution >= 0.6 is 22.6 Å². The van der Waals surface area contributed by atoms with E-state index in [0.29, 0.717) is 12.2 Å². The zero-order valence-electron chi connectivity index (χ0n) is 11.1. The van der Waals surface area contributed by atoms with Gasteiger partial charge in [0.05, 0.1) is 11.3 Å². The summed E-state index contributed by atoms with van der Waals surface area (Å²) in [5, 5.41) is 14.3. The summed E-state index contributed by atoms with van der Waals surface area (Å²) in [4.78, 5) is 22.6. The average molecular weight is 376 g/mol. The molecule has 0 heterocycles. The number of urea groups is 1. The van der Waals surface area contributed by atoms with Crippen molar-refractivity contribution in [1.82, 2.24) is 5.32 Å². The number of hydrogen-bond donors (Lipinski definition) is 3. The van der Waals surface area contributed by atoms with Gasteiger partial charge in [0.25, 0.3) is 0 Å². The fraction of sp³-hybridized carbons (Fsp3) is 0.385. The first-order chi connectivity index (χ1) is 8.69. The molecule has 0 aliphatic heterocycles. The Bertz CT molecular complexity index is 495. The van der Waals surface area contributed by atoms with E-state index in [1.165, 1.54) is 12.1 Å². The van der Waals surface area contributed by atoms with Crippen molar-refractivity contribution in [1.29, 1.82) is 0 Å². The van der Waals surface area contributed by atoms with E-state index in [1.807, 2.05) is 43.4 Å². The SMILES string of the molecule is CC(C)(C)CNC(=O)Nc1cc(C(=O)O)ccc1I. The van der Waals surface area contributed by atoms with E-state index in [4.69, 9.17) is 5.11 Å². The van der Waals surface area contributed by atoms with Crippen LogP contribution in [0, 0.1) is 8.99 Å². The van der Waals surface area contributed by atoms with E-state index in [-0.39, 0.29) is 17.0 Å². The fourth-order valence-corrected chi connectivity index (χ4v) is 1.74. The Hall–Kier alpha value is -1.31. The molecule has 6 heteroatoms. The summed E-state index contributed by atoms with van der Waals surface area (Å²) in [5.41, 5.74) is 0.631. The summed E-state index contributed by atoms with van der Waals surface area (Å²) in [6, 6.07) is 4.27. The molecule has 19 heavy (non-hydrogen) atoms. The summed E-state index contributed by atoms with van der Waals surface area (Å²) >= 11 is 2.04. The molecule has 104 valence electrons. The number of benzene rings is 1. The van der Waals surface area contributed by atoms with Gasteiger partial charge >= 0.3 is 12.0 Å². The number of carboxylic acids is 1. The zero-order chi connectivity index (χ0) is 14.6. The second kappa shape index (κ2) is 6.23. The van der Waals surface area contributed by atoms with Crippen molar-refractivity contribution in [2.45, 2.75) is 20.8 Å². The molecule has 5 nitrogen and oxygen atoms in total. The molecule has 0 aliphatic carbocycles. The molecule has 0 aliphatic rings. The number of carboxylic acid groups (broad SMARTS) is 1. The van der Waals surface area contributed by atoms with Gasteiger partial charge in [-0.15, -0.1) is 0 Å². The van der Waals surface area contributed by atoms with E-state index in [1.54, 1.807) is 6.07 Å². The van der Waals surface area contributed by atoms with Gasteiger partial charge in [-0.3, -0.25) is 0 Å². The maximum atomic E-state index is 11.7. The van der Waals surface area contributed by atoms with Crippen LogP contribution in [0.15, 0.2) is 18.2 Å². The molecule has 2 amide bonds. The van der Waals surface area contributed by atoms with Crippen molar-refractivity contribution < 1.29 is 14.7 Å². The molecule has 1 aromatic rings. The Kier molecular flexibility index (Phi) is 5.16. The Morgan fingerprint density at radius 3 is 2.47 bits per heavy atom. The number of rotatable bonds is 3. The Morgan fingerprint density at radius 2 is 1.95 bits per heavy atom. The summed E-state index contributed by atoms with van der Waals surface area (Å²) in [5.74, 6) is -1.02. The Labute approximate surface area is 125 Å². The van der Waals surface area contributed by atoms with Crippen LogP contribution in [0.2, 0.25) is 0 Å². The van der Waals surface area contributed by atoms with Crippen molar-refractivity contribution in [3.63, 3.8) is 0 Å². The second-order valence-electron chi connectivity index (χ2n) is 5.37. The van der Waals surface area contributed by atoms with Gasteiger partial charge in [0.2, 0.25) is 0 Å². The lowest BCUT2D eigenvalue weighted by molar-refractivity contribution is 0.0697. The third kappa shape index (κ3) is 5.46. The topological polar surface area (TPSA) is 78.4 Å². The normalized spacial score (nSPS) is 10.9. The molecule has 0 atom stereocenters. The Morgan fingerprint density at radius 1 is 1.32 bits per heavy atom. The van der Waals surface area contributed by atoms with Crippen molar-refractivity contribution in [2.24, 2.45) is 5.41 Å². The van der Waals surface area contributed by atoms with E-state index >= 15 is 0 Å². The lowest BCUT2D eigenvalue weighted by Crippen LogP contribution is -2.35. The number of anilines is 1. The average Bonchev–Trinajstić information content (AvgIpc) is 2.28. The van der Waals surface area contributed by atoms with Crippen LogP contribution in [-0.4, -0.2) is 23.7 Å². The molecule has 0 radical (unpaired) electrons. The highest BCUT2D eigenvalue weighted by Crippen LogP contribution is 2.20. The predicted octanol–water partition coefficient (Wildman–Crippen LogP) is 3.16. The fourth-order valence-electron chi connectivity index (χ4n) is 1.27. The van der Waals surface area contributed by atoms with Crippen LogP contribution in [0.25, 0.3) is 0 Å². The molecule has 0 aromatic heterocycles. The molecule has 1 aromatic carbocycles. The number of carbonyl (C=O) groups excluding carboxylic acids is 1. The molecule has 1 rings (SSSR count).